The largest absolute Gasteiger partial charge is 0.319 e. The average Bonchev–Trinajstić information content (AvgIpc) is 2.31. The molecule has 1 saturated carbocycles. The maximum absolute atomic E-state index is 8.20. The van der Waals surface area contributed by atoms with E-state index in [4.69, 9.17) is 5.41 Å². The lowest BCUT2D eigenvalue weighted by Gasteiger charge is -2.36. The number of hydrogen-bond donors (Lipinski definition) is 2. The second-order valence-corrected chi connectivity index (χ2v) is 5.34. The van der Waals surface area contributed by atoms with Crippen molar-refractivity contribution in [1.29, 1.82) is 5.41 Å². The van der Waals surface area contributed by atoms with E-state index in [0.717, 1.165) is 37.4 Å². The van der Waals surface area contributed by atoms with E-state index in [1.165, 1.54) is 6.42 Å². The maximum Gasteiger partial charge on any atom is 0.0139 e. The van der Waals surface area contributed by atoms with Gasteiger partial charge >= 0.3 is 0 Å². The van der Waals surface area contributed by atoms with Crippen molar-refractivity contribution in [3.8, 4) is 0 Å². The molecular weight excluding hydrogens is 208 g/mol. The van der Waals surface area contributed by atoms with Gasteiger partial charge in [0, 0.05) is 18.2 Å². The maximum atomic E-state index is 8.20. The predicted molar refractivity (Wildman–Crippen MR) is 75.7 cm³/mol. The Kier molecular flexibility index (Phi) is 5.90. The fourth-order valence-electron chi connectivity index (χ4n) is 3.13. The minimum Gasteiger partial charge on any atom is -0.319 e. The Balaban J connectivity index is 2.72. The minimum absolute atomic E-state index is 0.464. The Morgan fingerprint density at radius 1 is 1.47 bits per heavy atom. The molecule has 0 bridgehead atoms. The first-order chi connectivity index (χ1) is 8.13. The second-order valence-electron chi connectivity index (χ2n) is 5.34. The van der Waals surface area contributed by atoms with Gasteiger partial charge in [-0.3, -0.25) is 0 Å². The summed E-state index contributed by atoms with van der Waals surface area (Å²) in [5.41, 5.74) is 2.53. The molecule has 2 heteroatoms. The molecule has 2 nitrogen and oxygen atoms in total. The van der Waals surface area contributed by atoms with Crippen molar-refractivity contribution < 1.29 is 0 Å². The average molecular weight is 236 g/mol. The van der Waals surface area contributed by atoms with Crippen molar-refractivity contribution in [2.45, 2.75) is 46.5 Å². The molecule has 3 atom stereocenters. The molecule has 0 aromatic carbocycles. The Labute approximate surface area is 106 Å². The molecule has 1 aliphatic rings. The highest BCUT2D eigenvalue weighted by molar-refractivity contribution is 5.85. The Morgan fingerprint density at radius 2 is 2.18 bits per heavy atom. The van der Waals surface area contributed by atoms with E-state index in [-0.39, 0.29) is 0 Å². The van der Waals surface area contributed by atoms with Gasteiger partial charge in [-0.05, 0) is 44.6 Å². The Hall–Kier alpha value is -0.630. The van der Waals surface area contributed by atoms with Gasteiger partial charge in [0.2, 0.25) is 0 Å². The van der Waals surface area contributed by atoms with Gasteiger partial charge in [0.25, 0.3) is 0 Å². The fraction of sp³-hybridized carbons (Fsp3) is 0.800. The summed E-state index contributed by atoms with van der Waals surface area (Å²) in [7, 11) is 1.98. The van der Waals surface area contributed by atoms with Crippen LogP contribution in [0.15, 0.2) is 11.6 Å². The Morgan fingerprint density at radius 3 is 2.71 bits per heavy atom. The molecule has 1 aliphatic carbocycles. The molecule has 2 N–H and O–H groups in total. The standard InChI is InChI=1S/C15H28N2/c1-5-7-12(6-2)14-9-15(16)13(10-17-4)8-11(14)3/h7,11,13-14,16-17H,5-6,8-10H2,1-4H3. The van der Waals surface area contributed by atoms with Crippen LogP contribution in [0.25, 0.3) is 0 Å². The zero-order valence-corrected chi connectivity index (χ0v) is 11.8. The number of allylic oxidation sites excluding steroid dienone is 2. The third kappa shape index (κ3) is 3.67. The van der Waals surface area contributed by atoms with E-state index in [0.29, 0.717) is 11.8 Å². The molecule has 0 saturated heterocycles. The zero-order chi connectivity index (χ0) is 12.8. The molecule has 0 radical (unpaired) electrons. The van der Waals surface area contributed by atoms with Crippen LogP contribution >= 0.6 is 0 Å². The van der Waals surface area contributed by atoms with Gasteiger partial charge < -0.3 is 10.7 Å². The lowest BCUT2D eigenvalue weighted by atomic mass is 9.70. The quantitative estimate of drug-likeness (QED) is 0.702. The number of nitrogens with one attached hydrogen (secondary N) is 2. The smallest absolute Gasteiger partial charge is 0.0139 e. The molecule has 0 aromatic heterocycles. The van der Waals surface area contributed by atoms with Crippen LogP contribution in [0.1, 0.15) is 46.5 Å². The van der Waals surface area contributed by atoms with Crippen LogP contribution in [0.5, 0.6) is 0 Å². The molecule has 0 aliphatic heterocycles. The summed E-state index contributed by atoms with van der Waals surface area (Å²) < 4.78 is 0. The van der Waals surface area contributed by atoms with Gasteiger partial charge in [-0.1, -0.05) is 32.4 Å². The molecule has 98 valence electrons. The highest BCUT2D eigenvalue weighted by Gasteiger charge is 2.32. The fourth-order valence-corrected chi connectivity index (χ4v) is 3.13. The van der Waals surface area contributed by atoms with Crippen LogP contribution in [-0.2, 0) is 0 Å². The highest BCUT2D eigenvalue weighted by Crippen LogP contribution is 2.37. The summed E-state index contributed by atoms with van der Waals surface area (Å²) in [6, 6.07) is 0. The van der Waals surface area contributed by atoms with Crippen LogP contribution in [0.2, 0.25) is 0 Å². The lowest BCUT2D eigenvalue weighted by Crippen LogP contribution is -2.36. The van der Waals surface area contributed by atoms with Gasteiger partial charge in [-0.15, -0.1) is 0 Å². The molecule has 0 amide bonds. The molecule has 17 heavy (non-hydrogen) atoms. The normalized spacial score (nSPS) is 30.7. The van der Waals surface area contributed by atoms with Crippen molar-refractivity contribution >= 4 is 5.71 Å². The summed E-state index contributed by atoms with van der Waals surface area (Å²) in [6.45, 7) is 7.78. The molecule has 0 heterocycles. The minimum atomic E-state index is 0.464. The summed E-state index contributed by atoms with van der Waals surface area (Å²) in [5.74, 6) is 1.81. The van der Waals surface area contributed by atoms with Crippen LogP contribution in [0.3, 0.4) is 0 Å². The first-order valence-electron chi connectivity index (χ1n) is 7.04. The van der Waals surface area contributed by atoms with Crippen molar-refractivity contribution in [1.82, 2.24) is 5.32 Å². The van der Waals surface area contributed by atoms with Gasteiger partial charge in [-0.2, -0.15) is 0 Å². The molecule has 1 rings (SSSR count). The van der Waals surface area contributed by atoms with Gasteiger partial charge in [0.05, 0.1) is 0 Å². The summed E-state index contributed by atoms with van der Waals surface area (Å²) in [5, 5.41) is 11.4. The number of rotatable bonds is 5. The first-order valence-corrected chi connectivity index (χ1v) is 7.04. The number of hydrogen-bond acceptors (Lipinski definition) is 2. The molecule has 0 spiro atoms. The second kappa shape index (κ2) is 6.95. The summed E-state index contributed by atoms with van der Waals surface area (Å²) in [6.07, 6.45) is 6.80. The van der Waals surface area contributed by atoms with Crippen molar-refractivity contribution in [3.05, 3.63) is 11.6 Å². The Bertz CT molecular complexity index is 281. The molecule has 3 unspecified atom stereocenters. The van der Waals surface area contributed by atoms with Gasteiger partial charge in [-0.25, -0.2) is 0 Å². The van der Waals surface area contributed by atoms with E-state index >= 15 is 0 Å². The topological polar surface area (TPSA) is 35.9 Å². The van der Waals surface area contributed by atoms with Crippen LogP contribution in [-0.4, -0.2) is 19.3 Å². The first kappa shape index (κ1) is 14.4. The van der Waals surface area contributed by atoms with E-state index < -0.39 is 0 Å². The third-order valence-corrected chi connectivity index (χ3v) is 4.08. The molecule has 0 aromatic rings. The van der Waals surface area contributed by atoms with Crippen molar-refractivity contribution in [2.75, 3.05) is 13.6 Å². The summed E-state index contributed by atoms with van der Waals surface area (Å²) in [4.78, 5) is 0. The van der Waals surface area contributed by atoms with E-state index in [2.05, 4.69) is 32.2 Å². The molecule has 1 fully saturated rings. The van der Waals surface area contributed by atoms with Crippen molar-refractivity contribution in [2.24, 2.45) is 17.8 Å². The summed E-state index contributed by atoms with van der Waals surface area (Å²) >= 11 is 0. The van der Waals surface area contributed by atoms with Gasteiger partial charge in [0.1, 0.15) is 0 Å². The van der Waals surface area contributed by atoms with Gasteiger partial charge in [0.15, 0.2) is 0 Å². The van der Waals surface area contributed by atoms with Crippen LogP contribution in [0.4, 0.5) is 0 Å². The zero-order valence-electron chi connectivity index (χ0n) is 11.8. The van der Waals surface area contributed by atoms with Crippen LogP contribution in [0, 0.1) is 23.2 Å². The van der Waals surface area contributed by atoms with E-state index in [9.17, 15) is 0 Å². The molecular formula is C15H28N2. The third-order valence-electron chi connectivity index (χ3n) is 4.08. The van der Waals surface area contributed by atoms with E-state index in [1.807, 2.05) is 7.05 Å². The monoisotopic (exact) mass is 236 g/mol. The van der Waals surface area contributed by atoms with Crippen LogP contribution < -0.4 is 5.32 Å². The lowest BCUT2D eigenvalue weighted by molar-refractivity contribution is 0.314. The predicted octanol–water partition coefficient (Wildman–Crippen LogP) is 3.63. The van der Waals surface area contributed by atoms with Crippen molar-refractivity contribution in [3.63, 3.8) is 0 Å². The van der Waals surface area contributed by atoms with E-state index in [1.54, 1.807) is 5.57 Å². The SMILES string of the molecule is CCC=C(CC)C1CC(=N)C(CNC)CC1C. The highest BCUT2D eigenvalue weighted by atomic mass is 14.8.